The number of methoxy groups -OCH3 is 1. The van der Waals surface area contributed by atoms with Crippen LogP contribution >= 0.6 is 0 Å². The van der Waals surface area contributed by atoms with Gasteiger partial charge in [0.2, 0.25) is 11.8 Å². The van der Waals surface area contributed by atoms with Crippen molar-refractivity contribution in [1.29, 1.82) is 0 Å². The fraction of sp³-hybridized carbons (Fsp3) is 0.375. The molecule has 1 atom stereocenters. The minimum atomic E-state index is -4.16. The van der Waals surface area contributed by atoms with Crippen LogP contribution in [0.1, 0.15) is 45.7 Å². The van der Waals surface area contributed by atoms with E-state index in [1.165, 1.54) is 17.0 Å². The summed E-state index contributed by atoms with van der Waals surface area (Å²) >= 11 is 0. The van der Waals surface area contributed by atoms with Gasteiger partial charge in [0.05, 0.1) is 24.3 Å². The summed E-state index contributed by atoms with van der Waals surface area (Å²) in [5.41, 5.74) is 1.40. The summed E-state index contributed by atoms with van der Waals surface area (Å²) < 4.78 is 39.9. The number of carbonyl (C=O) groups excluding carboxylic acids is 2. The Morgan fingerprint density at radius 2 is 1.60 bits per heavy atom. The lowest BCUT2D eigenvalue weighted by Crippen LogP contribution is -2.54. The summed E-state index contributed by atoms with van der Waals surface area (Å²) in [6, 6.07) is 19.3. The predicted molar refractivity (Wildman–Crippen MR) is 164 cm³/mol. The van der Waals surface area contributed by atoms with E-state index in [1.54, 1.807) is 68.6 Å². The average Bonchev–Trinajstić information content (AvgIpc) is 2.94. The van der Waals surface area contributed by atoms with Crippen LogP contribution in [0.4, 0.5) is 5.69 Å². The van der Waals surface area contributed by atoms with Gasteiger partial charge in [-0.05, 0) is 95.6 Å². The molecule has 0 radical (unpaired) electrons. The van der Waals surface area contributed by atoms with Crippen LogP contribution in [0.2, 0.25) is 0 Å². The minimum Gasteiger partial charge on any atom is -0.497 e. The zero-order valence-electron chi connectivity index (χ0n) is 25.4. The third-order valence-corrected chi connectivity index (χ3v) is 8.26. The molecule has 9 nitrogen and oxygen atoms in total. The molecule has 0 saturated carbocycles. The number of nitrogens with one attached hydrogen (secondary N) is 1. The Kier molecular flexibility index (Phi) is 10.6. The molecule has 3 rings (SSSR count). The van der Waals surface area contributed by atoms with Crippen molar-refractivity contribution in [2.45, 2.75) is 64.6 Å². The van der Waals surface area contributed by atoms with Crippen molar-refractivity contribution in [1.82, 2.24) is 10.2 Å². The van der Waals surface area contributed by atoms with Gasteiger partial charge in [0.1, 0.15) is 24.1 Å². The number of sulfonamides is 1. The van der Waals surface area contributed by atoms with Crippen molar-refractivity contribution in [3.8, 4) is 11.5 Å². The highest BCUT2D eigenvalue weighted by Gasteiger charge is 2.33. The molecule has 2 amide bonds. The summed E-state index contributed by atoms with van der Waals surface area (Å²) in [5, 5.41) is 2.92. The van der Waals surface area contributed by atoms with E-state index < -0.39 is 34.1 Å². The normalized spacial score (nSPS) is 12.3. The molecule has 0 aliphatic rings. The molecule has 0 aliphatic heterocycles. The largest absolute Gasteiger partial charge is 0.497 e. The van der Waals surface area contributed by atoms with Crippen LogP contribution in [0, 0.1) is 6.92 Å². The van der Waals surface area contributed by atoms with E-state index in [9.17, 15) is 18.0 Å². The van der Waals surface area contributed by atoms with Gasteiger partial charge >= 0.3 is 0 Å². The number of hydrogen-bond donors (Lipinski definition) is 1. The molecule has 0 fully saturated rings. The smallest absolute Gasteiger partial charge is 0.264 e. The Hall–Kier alpha value is -4.05. The van der Waals surface area contributed by atoms with Crippen LogP contribution in [0.15, 0.2) is 77.7 Å². The summed E-state index contributed by atoms with van der Waals surface area (Å²) in [6.45, 7) is 10.9. The van der Waals surface area contributed by atoms with Crippen molar-refractivity contribution in [2.75, 3.05) is 24.6 Å². The molecule has 3 aromatic rings. The Labute approximate surface area is 249 Å². The first-order valence-electron chi connectivity index (χ1n) is 13.8. The summed E-state index contributed by atoms with van der Waals surface area (Å²) in [6.07, 6.45) is 0. The third kappa shape index (κ3) is 8.48. The maximum Gasteiger partial charge on any atom is 0.264 e. The monoisotopic (exact) mass is 595 g/mol. The molecular weight excluding hydrogens is 554 g/mol. The topological polar surface area (TPSA) is 105 Å². The first-order chi connectivity index (χ1) is 19.7. The van der Waals surface area contributed by atoms with Crippen LogP contribution in [-0.4, -0.2) is 57.0 Å². The Morgan fingerprint density at radius 3 is 2.17 bits per heavy atom. The van der Waals surface area contributed by atoms with Crippen molar-refractivity contribution >= 4 is 27.5 Å². The highest BCUT2D eigenvalue weighted by Crippen LogP contribution is 2.27. The molecule has 0 saturated heterocycles. The Morgan fingerprint density at radius 1 is 0.952 bits per heavy atom. The highest BCUT2D eigenvalue weighted by atomic mass is 32.2. The second-order valence-corrected chi connectivity index (χ2v) is 12.9. The van der Waals surface area contributed by atoms with Crippen LogP contribution in [-0.2, 0) is 26.2 Å². The molecule has 0 unspecified atom stereocenters. The number of ether oxygens (including phenoxy) is 2. The molecule has 0 heterocycles. The molecule has 0 aromatic heterocycles. The highest BCUT2D eigenvalue weighted by molar-refractivity contribution is 7.92. The number of carbonyl (C=O) groups is 2. The van der Waals surface area contributed by atoms with Gasteiger partial charge in [0.15, 0.2) is 0 Å². The summed E-state index contributed by atoms with van der Waals surface area (Å²) in [4.78, 5) is 28.8. The number of aryl methyl sites for hydroxylation is 1. The quantitative estimate of drug-likeness (QED) is 0.318. The minimum absolute atomic E-state index is 0.0488. The lowest BCUT2D eigenvalue weighted by Gasteiger charge is -2.33. The third-order valence-electron chi connectivity index (χ3n) is 6.48. The maximum absolute atomic E-state index is 14.1. The second-order valence-electron chi connectivity index (χ2n) is 11.0. The van der Waals surface area contributed by atoms with E-state index >= 15 is 0 Å². The SMILES string of the molecule is CCOc1ccc(N(CC(=O)N(Cc2cccc(OC)c2)[C@@H](C)C(=O)NC(C)(C)C)S(=O)(=O)c2ccc(C)cc2)cc1. The molecule has 0 bridgehead atoms. The summed E-state index contributed by atoms with van der Waals surface area (Å²) in [5.74, 6) is 0.281. The van der Waals surface area contributed by atoms with Gasteiger partial charge in [0.25, 0.3) is 10.0 Å². The molecular formula is C32H41N3O6S. The van der Waals surface area contributed by atoms with E-state index in [2.05, 4.69) is 5.32 Å². The lowest BCUT2D eigenvalue weighted by molar-refractivity contribution is -0.140. The molecule has 0 spiro atoms. The number of amides is 2. The van der Waals surface area contributed by atoms with Crippen molar-refractivity contribution in [3.63, 3.8) is 0 Å². The van der Waals surface area contributed by atoms with E-state index in [1.807, 2.05) is 40.7 Å². The first-order valence-corrected chi connectivity index (χ1v) is 15.3. The fourth-order valence-electron chi connectivity index (χ4n) is 4.27. The van der Waals surface area contributed by atoms with Crippen LogP contribution in [0.5, 0.6) is 11.5 Å². The molecule has 1 N–H and O–H groups in total. The van der Waals surface area contributed by atoms with Crippen LogP contribution < -0.4 is 19.1 Å². The standard InChI is InChI=1S/C32H41N3O6S/c1-8-41-27-16-14-26(15-17-27)35(42(38,39)29-18-12-23(2)13-19-29)22-30(36)34(24(3)31(37)33-32(4,5)6)21-25-10-9-11-28(20-25)40-7/h9-20,24H,8,21-22H2,1-7H3,(H,33,37)/t24-/m0/s1. The van der Waals surface area contributed by atoms with Gasteiger partial charge in [-0.1, -0.05) is 29.8 Å². The van der Waals surface area contributed by atoms with E-state index in [4.69, 9.17) is 9.47 Å². The number of rotatable bonds is 12. The number of nitrogens with zero attached hydrogens (tertiary/aromatic N) is 2. The number of benzene rings is 3. The second kappa shape index (κ2) is 13.7. The zero-order valence-corrected chi connectivity index (χ0v) is 26.2. The van der Waals surface area contributed by atoms with Crippen molar-refractivity contribution < 1.29 is 27.5 Å². The molecule has 3 aromatic carbocycles. The predicted octanol–water partition coefficient (Wildman–Crippen LogP) is 4.93. The Balaban J connectivity index is 2.05. The van der Waals surface area contributed by atoms with Crippen LogP contribution in [0.3, 0.4) is 0 Å². The van der Waals surface area contributed by atoms with E-state index in [0.717, 1.165) is 15.4 Å². The van der Waals surface area contributed by atoms with Crippen LogP contribution in [0.25, 0.3) is 0 Å². The molecule has 0 aliphatic carbocycles. The van der Waals surface area contributed by atoms with Gasteiger partial charge in [-0.2, -0.15) is 0 Å². The number of hydrogen-bond acceptors (Lipinski definition) is 6. The van der Waals surface area contributed by atoms with Gasteiger partial charge < -0.3 is 19.7 Å². The maximum atomic E-state index is 14.1. The lowest BCUT2D eigenvalue weighted by atomic mass is 10.1. The molecule has 42 heavy (non-hydrogen) atoms. The number of anilines is 1. The first kappa shape index (κ1) is 32.5. The van der Waals surface area contributed by atoms with E-state index in [0.29, 0.717) is 23.8 Å². The van der Waals surface area contributed by atoms with Gasteiger partial charge in [-0.25, -0.2) is 8.42 Å². The van der Waals surface area contributed by atoms with Gasteiger partial charge in [0, 0.05) is 12.1 Å². The molecule has 10 heteroatoms. The van der Waals surface area contributed by atoms with Gasteiger partial charge in [-0.3, -0.25) is 13.9 Å². The molecule has 226 valence electrons. The Bertz CT molecular complexity index is 1470. The fourth-order valence-corrected chi connectivity index (χ4v) is 5.68. The van der Waals surface area contributed by atoms with Gasteiger partial charge in [-0.15, -0.1) is 0 Å². The average molecular weight is 596 g/mol. The van der Waals surface area contributed by atoms with Crippen molar-refractivity contribution in [2.24, 2.45) is 0 Å². The van der Waals surface area contributed by atoms with E-state index in [-0.39, 0.29) is 17.3 Å². The van der Waals surface area contributed by atoms with Crippen molar-refractivity contribution in [3.05, 3.63) is 83.9 Å². The summed E-state index contributed by atoms with van der Waals surface area (Å²) in [7, 11) is -2.61. The zero-order chi connectivity index (χ0) is 31.1.